The largest absolute Gasteiger partial charge is 0.360 e. The zero-order valence-electron chi connectivity index (χ0n) is 15.3. The first kappa shape index (κ1) is 19.9. The van der Waals surface area contributed by atoms with E-state index in [-0.39, 0.29) is 16.3 Å². The number of rotatable bonds is 6. The average Bonchev–Trinajstić information content (AvgIpc) is 3.11. The molecule has 3 aromatic rings. The van der Waals surface area contributed by atoms with Gasteiger partial charge in [-0.3, -0.25) is 9.52 Å². The number of nitrogens with one attached hydrogen (secondary N) is 2. The van der Waals surface area contributed by atoms with Crippen LogP contribution in [0.4, 0.5) is 11.5 Å². The van der Waals surface area contributed by atoms with Crippen LogP contribution < -0.4 is 10.0 Å². The van der Waals surface area contributed by atoms with E-state index in [9.17, 15) is 18.5 Å². The van der Waals surface area contributed by atoms with Crippen LogP contribution in [-0.4, -0.2) is 19.5 Å². The number of hydrogen-bond acceptors (Lipinski definition) is 6. The van der Waals surface area contributed by atoms with Crippen LogP contribution in [0.1, 0.15) is 11.3 Å². The number of aromatic nitrogens is 1. The summed E-state index contributed by atoms with van der Waals surface area (Å²) < 4.78 is 31.9. The van der Waals surface area contributed by atoms with Gasteiger partial charge in [-0.2, -0.15) is 5.26 Å². The van der Waals surface area contributed by atoms with Crippen molar-refractivity contribution < 1.29 is 17.7 Å². The van der Waals surface area contributed by atoms with Gasteiger partial charge in [0.2, 0.25) is 0 Å². The zero-order valence-corrected chi connectivity index (χ0v) is 16.1. The molecule has 0 atom stereocenters. The van der Waals surface area contributed by atoms with Gasteiger partial charge in [0, 0.05) is 11.8 Å². The molecular formula is C20H16N4O4S. The second kappa shape index (κ2) is 8.41. The molecule has 9 heteroatoms. The van der Waals surface area contributed by atoms with E-state index in [0.717, 1.165) is 5.56 Å². The molecule has 0 saturated carbocycles. The Morgan fingerprint density at radius 1 is 1.14 bits per heavy atom. The minimum atomic E-state index is -3.86. The second-order valence-electron chi connectivity index (χ2n) is 5.99. The summed E-state index contributed by atoms with van der Waals surface area (Å²) in [7, 11) is -3.86. The van der Waals surface area contributed by atoms with E-state index in [2.05, 4.69) is 15.2 Å². The first-order valence-electron chi connectivity index (χ1n) is 8.42. The molecule has 1 heterocycles. The van der Waals surface area contributed by atoms with Gasteiger partial charge in [0.15, 0.2) is 5.82 Å². The average molecular weight is 408 g/mol. The minimum Gasteiger partial charge on any atom is -0.360 e. The van der Waals surface area contributed by atoms with Crippen molar-refractivity contribution in [1.29, 1.82) is 5.26 Å². The normalized spacial score (nSPS) is 11.5. The van der Waals surface area contributed by atoms with Gasteiger partial charge >= 0.3 is 0 Å². The van der Waals surface area contributed by atoms with Gasteiger partial charge in [0.1, 0.15) is 17.4 Å². The molecule has 3 rings (SSSR count). The number of carbonyl (C=O) groups excluding carboxylic acids is 1. The van der Waals surface area contributed by atoms with Crippen LogP contribution in [-0.2, 0) is 14.8 Å². The van der Waals surface area contributed by atoms with Crippen LogP contribution in [0.25, 0.3) is 6.08 Å². The number of amides is 1. The van der Waals surface area contributed by atoms with E-state index in [1.165, 1.54) is 36.4 Å². The molecule has 0 spiro atoms. The Labute approximate surface area is 167 Å². The maximum absolute atomic E-state index is 12.4. The first-order chi connectivity index (χ1) is 13.9. The highest BCUT2D eigenvalue weighted by Crippen LogP contribution is 2.19. The lowest BCUT2D eigenvalue weighted by Crippen LogP contribution is -2.15. The van der Waals surface area contributed by atoms with Crippen LogP contribution in [0.2, 0.25) is 0 Å². The van der Waals surface area contributed by atoms with E-state index >= 15 is 0 Å². The first-order valence-corrected chi connectivity index (χ1v) is 9.90. The quantitative estimate of drug-likeness (QED) is 0.476. The number of anilines is 2. The van der Waals surface area contributed by atoms with Crippen molar-refractivity contribution in [3.8, 4) is 6.07 Å². The van der Waals surface area contributed by atoms with E-state index in [4.69, 9.17) is 4.52 Å². The lowest BCUT2D eigenvalue weighted by atomic mass is 10.1. The second-order valence-corrected chi connectivity index (χ2v) is 7.67. The summed E-state index contributed by atoms with van der Waals surface area (Å²) in [6.07, 6.45) is 1.47. The Balaban J connectivity index is 1.72. The molecular weight excluding hydrogens is 392 g/mol. The van der Waals surface area contributed by atoms with Gasteiger partial charge in [-0.15, -0.1) is 0 Å². The van der Waals surface area contributed by atoms with Crippen molar-refractivity contribution >= 4 is 33.5 Å². The predicted octanol–water partition coefficient (Wildman–Crippen LogP) is 3.33. The van der Waals surface area contributed by atoms with Crippen LogP contribution in [0.15, 0.2) is 75.7 Å². The molecule has 29 heavy (non-hydrogen) atoms. The molecule has 0 saturated heterocycles. The Morgan fingerprint density at radius 3 is 2.41 bits per heavy atom. The Morgan fingerprint density at radius 2 is 1.83 bits per heavy atom. The number of nitrogens with zero attached hydrogens (tertiary/aromatic N) is 2. The molecule has 0 unspecified atom stereocenters. The van der Waals surface area contributed by atoms with Gasteiger partial charge in [0.05, 0.1) is 4.90 Å². The summed E-state index contributed by atoms with van der Waals surface area (Å²) in [4.78, 5) is 12.3. The number of sulfonamides is 1. The van der Waals surface area contributed by atoms with Gasteiger partial charge < -0.3 is 9.84 Å². The maximum Gasteiger partial charge on any atom is 0.266 e. The zero-order chi connectivity index (χ0) is 20.9. The Kier molecular flexibility index (Phi) is 5.76. The van der Waals surface area contributed by atoms with Crippen molar-refractivity contribution in [2.24, 2.45) is 0 Å². The smallest absolute Gasteiger partial charge is 0.266 e. The third kappa shape index (κ3) is 5.09. The number of carbonyl (C=O) groups is 1. The molecule has 0 aliphatic heterocycles. The van der Waals surface area contributed by atoms with E-state index in [1.807, 2.05) is 12.1 Å². The fourth-order valence-electron chi connectivity index (χ4n) is 2.39. The molecule has 0 fully saturated rings. The minimum absolute atomic E-state index is 0.0171. The highest BCUT2D eigenvalue weighted by molar-refractivity contribution is 7.92. The van der Waals surface area contributed by atoms with Crippen LogP contribution in [0.5, 0.6) is 0 Å². The molecule has 0 aliphatic rings. The number of aryl methyl sites for hydroxylation is 1. The summed E-state index contributed by atoms with van der Waals surface area (Å²) in [5.41, 5.74) is 0.992. The summed E-state index contributed by atoms with van der Waals surface area (Å²) >= 11 is 0. The van der Waals surface area contributed by atoms with Crippen molar-refractivity contribution in [3.63, 3.8) is 0 Å². The van der Waals surface area contributed by atoms with Crippen molar-refractivity contribution in [3.05, 3.63) is 77.6 Å². The highest BCUT2D eigenvalue weighted by Gasteiger charge is 2.17. The van der Waals surface area contributed by atoms with E-state index in [0.29, 0.717) is 11.4 Å². The fourth-order valence-corrected chi connectivity index (χ4v) is 3.38. The number of nitriles is 1. The van der Waals surface area contributed by atoms with Crippen LogP contribution in [0, 0.1) is 18.3 Å². The topological polar surface area (TPSA) is 125 Å². The summed E-state index contributed by atoms with van der Waals surface area (Å²) in [5, 5.41) is 15.4. The SMILES string of the molecule is Cc1cc(NS(=O)(=O)c2ccc(NC(=O)/C(C#N)=C\c3ccccc3)cc2)no1. The lowest BCUT2D eigenvalue weighted by molar-refractivity contribution is -0.112. The number of benzene rings is 2. The maximum atomic E-state index is 12.4. The van der Waals surface area contributed by atoms with Gasteiger partial charge in [-0.05, 0) is 42.8 Å². The Bertz CT molecular complexity index is 1190. The molecule has 0 radical (unpaired) electrons. The van der Waals surface area contributed by atoms with Gasteiger partial charge in [-0.25, -0.2) is 8.42 Å². The van der Waals surface area contributed by atoms with Crippen molar-refractivity contribution in [2.45, 2.75) is 11.8 Å². The highest BCUT2D eigenvalue weighted by atomic mass is 32.2. The fraction of sp³-hybridized carbons (Fsp3) is 0.0500. The Hall–Kier alpha value is -3.90. The van der Waals surface area contributed by atoms with E-state index in [1.54, 1.807) is 31.2 Å². The molecule has 2 aromatic carbocycles. The standard InChI is InChI=1S/C20H16N4O4S/c1-14-11-19(23-28-14)24-29(26,27)18-9-7-17(8-10-18)22-20(25)16(13-21)12-15-5-3-2-4-6-15/h2-12H,1H3,(H,22,25)(H,23,24)/b16-12-. The van der Waals surface area contributed by atoms with Gasteiger partial charge in [0.25, 0.3) is 15.9 Å². The summed E-state index contributed by atoms with van der Waals surface area (Å²) in [5.74, 6) is -0.0506. The van der Waals surface area contributed by atoms with Crippen molar-refractivity contribution in [2.75, 3.05) is 10.0 Å². The van der Waals surface area contributed by atoms with Crippen molar-refractivity contribution in [1.82, 2.24) is 5.16 Å². The molecule has 8 nitrogen and oxygen atoms in total. The summed E-state index contributed by atoms with van der Waals surface area (Å²) in [6.45, 7) is 1.64. The van der Waals surface area contributed by atoms with Gasteiger partial charge in [-0.1, -0.05) is 35.5 Å². The molecule has 2 N–H and O–H groups in total. The molecule has 0 bridgehead atoms. The summed E-state index contributed by atoms with van der Waals surface area (Å²) in [6, 6.07) is 17.8. The molecule has 146 valence electrons. The number of hydrogen-bond donors (Lipinski definition) is 2. The van der Waals surface area contributed by atoms with Crippen LogP contribution >= 0.6 is 0 Å². The molecule has 1 amide bonds. The van der Waals surface area contributed by atoms with E-state index < -0.39 is 15.9 Å². The molecule has 0 aliphatic carbocycles. The predicted molar refractivity (Wildman–Crippen MR) is 107 cm³/mol. The molecule has 1 aromatic heterocycles. The third-order valence-electron chi connectivity index (χ3n) is 3.77. The monoisotopic (exact) mass is 408 g/mol. The lowest BCUT2D eigenvalue weighted by Gasteiger charge is -2.07. The van der Waals surface area contributed by atoms with Crippen LogP contribution in [0.3, 0.4) is 0 Å². The third-order valence-corrected chi connectivity index (χ3v) is 5.14.